The maximum atomic E-state index is 12.7. The summed E-state index contributed by atoms with van der Waals surface area (Å²) in [6, 6.07) is 15.5. The van der Waals surface area contributed by atoms with Crippen LogP contribution in [0.5, 0.6) is 5.75 Å². The standard InChI is InChI=1S/C23H22Cl2N2O4/c1-26(2)17-4-3-5-18(12-17)31-14-21-19(24)13-20(25)22(28)27(21)11-10-15-6-8-16(9-7-15)23(29)30/h3-9,12-13H,10-11,14H2,1-2H3,(H,29,30). The zero-order chi connectivity index (χ0) is 22.5. The molecule has 0 aliphatic carbocycles. The van der Waals surface area contributed by atoms with Crippen molar-refractivity contribution in [2.45, 2.75) is 19.6 Å². The van der Waals surface area contributed by atoms with Crippen LogP contribution in [0.4, 0.5) is 5.69 Å². The van der Waals surface area contributed by atoms with Crippen molar-refractivity contribution in [2.75, 3.05) is 19.0 Å². The number of anilines is 1. The van der Waals surface area contributed by atoms with Crippen LogP contribution < -0.4 is 15.2 Å². The van der Waals surface area contributed by atoms with Crippen molar-refractivity contribution in [3.8, 4) is 5.75 Å². The van der Waals surface area contributed by atoms with Gasteiger partial charge in [-0.15, -0.1) is 0 Å². The molecule has 162 valence electrons. The molecule has 0 radical (unpaired) electrons. The number of hydrogen-bond acceptors (Lipinski definition) is 4. The number of pyridine rings is 1. The third-order valence-corrected chi connectivity index (χ3v) is 5.44. The topological polar surface area (TPSA) is 71.8 Å². The smallest absolute Gasteiger partial charge is 0.335 e. The fraction of sp³-hybridized carbons (Fsp3) is 0.217. The van der Waals surface area contributed by atoms with Gasteiger partial charge in [-0.1, -0.05) is 41.4 Å². The highest BCUT2D eigenvalue weighted by Crippen LogP contribution is 2.23. The molecule has 0 saturated heterocycles. The lowest BCUT2D eigenvalue weighted by molar-refractivity contribution is 0.0697. The molecule has 0 aliphatic heterocycles. The second kappa shape index (κ2) is 9.90. The van der Waals surface area contributed by atoms with Crippen molar-refractivity contribution in [3.05, 3.63) is 91.8 Å². The highest BCUT2D eigenvalue weighted by Gasteiger charge is 2.14. The lowest BCUT2D eigenvalue weighted by atomic mass is 10.1. The molecule has 0 aliphatic rings. The van der Waals surface area contributed by atoms with E-state index < -0.39 is 5.97 Å². The maximum Gasteiger partial charge on any atom is 0.335 e. The largest absolute Gasteiger partial charge is 0.487 e. The van der Waals surface area contributed by atoms with E-state index in [4.69, 9.17) is 33.0 Å². The number of aromatic nitrogens is 1. The third-order valence-electron chi connectivity index (χ3n) is 4.84. The number of carbonyl (C=O) groups is 1. The molecule has 31 heavy (non-hydrogen) atoms. The Morgan fingerprint density at radius 3 is 2.42 bits per heavy atom. The molecule has 8 heteroatoms. The average molecular weight is 461 g/mol. The van der Waals surface area contributed by atoms with Gasteiger partial charge in [-0.3, -0.25) is 4.79 Å². The van der Waals surface area contributed by atoms with E-state index in [0.29, 0.717) is 29.4 Å². The van der Waals surface area contributed by atoms with Gasteiger partial charge in [0.15, 0.2) is 0 Å². The first-order valence-electron chi connectivity index (χ1n) is 9.56. The number of rotatable bonds is 8. The lowest BCUT2D eigenvalue weighted by Gasteiger charge is -2.17. The highest BCUT2D eigenvalue weighted by atomic mass is 35.5. The van der Waals surface area contributed by atoms with Gasteiger partial charge >= 0.3 is 5.97 Å². The van der Waals surface area contributed by atoms with E-state index in [2.05, 4.69) is 0 Å². The van der Waals surface area contributed by atoms with E-state index in [-0.39, 0.29) is 22.8 Å². The zero-order valence-electron chi connectivity index (χ0n) is 17.1. The summed E-state index contributed by atoms with van der Waals surface area (Å²) in [4.78, 5) is 25.7. The molecule has 1 N–H and O–H groups in total. The molecule has 0 atom stereocenters. The number of carboxylic acids is 1. The van der Waals surface area contributed by atoms with Crippen LogP contribution in [-0.2, 0) is 19.6 Å². The predicted octanol–water partition coefficient (Wildman–Crippen LogP) is 4.74. The summed E-state index contributed by atoms with van der Waals surface area (Å²) in [5.41, 5.74) is 2.25. The molecule has 3 aromatic rings. The first-order valence-corrected chi connectivity index (χ1v) is 10.3. The number of aryl methyl sites for hydroxylation is 1. The van der Waals surface area contributed by atoms with E-state index in [1.165, 1.54) is 22.8 Å². The summed E-state index contributed by atoms with van der Waals surface area (Å²) >= 11 is 12.5. The van der Waals surface area contributed by atoms with Crippen molar-refractivity contribution in [1.29, 1.82) is 0 Å². The number of hydrogen-bond donors (Lipinski definition) is 1. The normalized spacial score (nSPS) is 10.7. The van der Waals surface area contributed by atoms with Crippen LogP contribution in [0.25, 0.3) is 0 Å². The molecule has 0 saturated carbocycles. The van der Waals surface area contributed by atoms with Crippen molar-refractivity contribution < 1.29 is 14.6 Å². The van der Waals surface area contributed by atoms with Gasteiger partial charge in [0, 0.05) is 32.4 Å². The Hall–Kier alpha value is -2.96. The molecule has 1 aromatic heterocycles. The maximum absolute atomic E-state index is 12.7. The van der Waals surface area contributed by atoms with Crippen LogP contribution in [0.2, 0.25) is 10.0 Å². The summed E-state index contributed by atoms with van der Waals surface area (Å²) in [6.07, 6.45) is 0.500. The van der Waals surface area contributed by atoms with Crippen LogP contribution in [0.1, 0.15) is 21.6 Å². The first kappa shape index (κ1) is 22.7. The van der Waals surface area contributed by atoms with E-state index in [9.17, 15) is 9.59 Å². The van der Waals surface area contributed by atoms with Gasteiger partial charge in [-0.05, 0) is 42.3 Å². The second-order valence-corrected chi connectivity index (χ2v) is 7.99. The number of ether oxygens (including phenoxy) is 1. The Morgan fingerprint density at radius 2 is 1.77 bits per heavy atom. The minimum Gasteiger partial charge on any atom is -0.487 e. The minimum atomic E-state index is -0.984. The summed E-state index contributed by atoms with van der Waals surface area (Å²) in [5.74, 6) is -0.331. The van der Waals surface area contributed by atoms with Gasteiger partial charge < -0.3 is 19.3 Å². The molecule has 0 fully saturated rings. The third kappa shape index (κ3) is 5.60. The molecule has 6 nitrogen and oxygen atoms in total. The first-order chi connectivity index (χ1) is 14.8. The molecule has 1 heterocycles. The predicted molar refractivity (Wildman–Crippen MR) is 123 cm³/mol. The molecule has 0 spiro atoms. The molecule has 0 unspecified atom stereocenters. The Labute approximate surface area is 190 Å². The van der Waals surface area contributed by atoms with Crippen LogP contribution in [-0.4, -0.2) is 29.7 Å². The van der Waals surface area contributed by atoms with Crippen LogP contribution in [0.3, 0.4) is 0 Å². The Morgan fingerprint density at radius 1 is 1.06 bits per heavy atom. The number of carboxylic acid groups (broad SMARTS) is 1. The highest BCUT2D eigenvalue weighted by molar-refractivity contribution is 6.34. The SMILES string of the molecule is CN(C)c1cccc(OCc2c(Cl)cc(Cl)c(=O)n2CCc2ccc(C(=O)O)cc2)c1. The van der Waals surface area contributed by atoms with Gasteiger partial charge in [0.1, 0.15) is 17.4 Å². The van der Waals surface area contributed by atoms with Gasteiger partial charge in [0.2, 0.25) is 0 Å². The molecule has 2 aromatic carbocycles. The van der Waals surface area contributed by atoms with E-state index in [1.807, 2.05) is 43.3 Å². The quantitative estimate of drug-likeness (QED) is 0.525. The molecular formula is C23H22Cl2N2O4. The summed E-state index contributed by atoms with van der Waals surface area (Å²) in [7, 11) is 3.88. The van der Waals surface area contributed by atoms with Crippen LogP contribution in [0, 0.1) is 0 Å². The number of aromatic carboxylic acids is 1. The summed E-state index contributed by atoms with van der Waals surface area (Å²) in [6.45, 7) is 0.419. The van der Waals surface area contributed by atoms with Gasteiger partial charge in [0.25, 0.3) is 5.56 Å². The zero-order valence-corrected chi connectivity index (χ0v) is 18.7. The minimum absolute atomic E-state index is 0.0320. The van der Waals surface area contributed by atoms with Crippen molar-refractivity contribution in [1.82, 2.24) is 4.57 Å². The fourth-order valence-corrected chi connectivity index (χ4v) is 3.61. The van der Waals surface area contributed by atoms with Crippen molar-refractivity contribution >= 4 is 34.9 Å². The molecule has 0 bridgehead atoms. The van der Waals surface area contributed by atoms with Crippen LogP contribution in [0.15, 0.2) is 59.4 Å². The second-order valence-electron chi connectivity index (χ2n) is 7.18. The molecular weight excluding hydrogens is 439 g/mol. The van der Waals surface area contributed by atoms with Gasteiger partial charge in [-0.2, -0.15) is 0 Å². The van der Waals surface area contributed by atoms with Crippen LogP contribution >= 0.6 is 23.2 Å². The molecule has 3 rings (SSSR count). The average Bonchev–Trinajstić information content (AvgIpc) is 2.75. The Bertz CT molecular complexity index is 1140. The summed E-state index contributed by atoms with van der Waals surface area (Å²) < 4.78 is 7.42. The van der Waals surface area contributed by atoms with Gasteiger partial charge in [-0.25, -0.2) is 4.79 Å². The van der Waals surface area contributed by atoms with Gasteiger partial charge in [0.05, 0.1) is 16.3 Å². The Kier molecular flexibility index (Phi) is 7.25. The van der Waals surface area contributed by atoms with Crippen molar-refractivity contribution in [2.24, 2.45) is 0 Å². The van der Waals surface area contributed by atoms with E-state index >= 15 is 0 Å². The monoisotopic (exact) mass is 460 g/mol. The lowest BCUT2D eigenvalue weighted by Crippen LogP contribution is -2.26. The fourth-order valence-electron chi connectivity index (χ4n) is 3.08. The number of benzene rings is 2. The number of halogens is 2. The van der Waals surface area contributed by atoms with E-state index in [1.54, 1.807) is 12.1 Å². The number of nitrogens with zero attached hydrogens (tertiary/aromatic N) is 2. The van der Waals surface area contributed by atoms with E-state index in [0.717, 1.165) is 11.3 Å². The van der Waals surface area contributed by atoms with Crippen molar-refractivity contribution in [3.63, 3.8) is 0 Å². The molecule has 0 amide bonds. The Balaban J connectivity index is 1.82. The summed E-state index contributed by atoms with van der Waals surface area (Å²) in [5, 5.41) is 9.40.